The average Bonchev–Trinajstić information content (AvgIpc) is 2.92. The molecule has 3 rings (SSSR count). The molecule has 0 aromatic heterocycles. The molecule has 8 nitrogen and oxygen atoms in total. The van der Waals surface area contributed by atoms with Gasteiger partial charge in [-0.1, -0.05) is 36.4 Å². The summed E-state index contributed by atoms with van der Waals surface area (Å²) in [6.07, 6.45) is -4.59. The molecule has 3 aromatic carbocycles. The van der Waals surface area contributed by atoms with Crippen molar-refractivity contribution in [3.8, 4) is 22.6 Å². The first kappa shape index (κ1) is 31.4. The zero-order valence-corrected chi connectivity index (χ0v) is 23.4. The van der Waals surface area contributed by atoms with E-state index < -0.39 is 18.3 Å². The number of benzene rings is 3. The quantitative estimate of drug-likeness (QED) is 0.315. The number of methoxy groups -OCH3 is 2. The molecule has 2 amide bonds. The highest BCUT2D eigenvalue weighted by Gasteiger charge is 2.31. The molecule has 0 bridgehead atoms. The summed E-state index contributed by atoms with van der Waals surface area (Å²) in [6.45, 7) is 1.27. The van der Waals surface area contributed by atoms with Crippen LogP contribution in [0.2, 0.25) is 0 Å². The van der Waals surface area contributed by atoms with Crippen molar-refractivity contribution in [1.29, 1.82) is 0 Å². The van der Waals surface area contributed by atoms with Gasteiger partial charge < -0.3 is 29.7 Å². The fourth-order valence-corrected chi connectivity index (χ4v) is 4.11. The number of rotatable bonds is 13. The molecule has 0 spiro atoms. The van der Waals surface area contributed by atoms with Gasteiger partial charge in [-0.05, 0) is 61.1 Å². The van der Waals surface area contributed by atoms with Crippen LogP contribution in [0.3, 0.4) is 0 Å². The van der Waals surface area contributed by atoms with Crippen molar-refractivity contribution in [2.75, 3.05) is 41.4 Å². The maximum absolute atomic E-state index is 13.2. The Morgan fingerprint density at radius 2 is 1.68 bits per heavy atom. The lowest BCUT2D eigenvalue weighted by Crippen LogP contribution is -2.49. The molecule has 41 heavy (non-hydrogen) atoms. The SMILES string of the molecule is COCc1cc(C(=O)NC(Cc2ccc(-c3cccc(OC(F)(F)F)c3)cc2)C(=O)NCCN(C)C)ccc1OC. The van der Waals surface area contributed by atoms with Crippen LogP contribution in [0, 0.1) is 0 Å². The van der Waals surface area contributed by atoms with Crippen LogP contribution >= 0.6 is 0 Å². The number of ether oxygens (including phenoxy) is 3. The molecule has 220 valence electrons. The Bertz CT molecular complexity index is 1310. The lowest BCUT2D eigenvalue weighted by molar-refractivity contribution is -0.274. The molecule has 0 aliphatic rings. The Morgan fingerprint density at radius 3 is 2.32 bits per heavy atom. The molecule has 3 aromatic rings. The van der Waals surface area contributed by atoms with Gasteiger partial charge >= 0.3 is 6.36 Å². The minimum atomic E-state index is -4.79. The first-order valence-electron chi connectivity index (χ1n) is 12.8. The highest BCUT2D eigenvalue weighted by Crippen LogP contribution is 2.28. The minimum Gasteiger partial charge on any atom is -0.496 e. The van der Waals surface area contributed by atoms with Crippen molar-refractivity contribution in [3.63, 3.8) is 0 Å². The van der Waals surface area contributed by atoms with Crippen molar-refractivity contribution in [2.24, 2.45) is 0 Å². The molecule has 1 atom stereocenters. The van der Waals surface area contributed by atoms with Crippen molar-refractivity contribution in [3.05, 3.63) is 83.4 Å². The first-order valence-corrected chi connectivity index (χ1v) is 12.8. The number of amides is 2. The van der Waals surface area contributed by atoms with Gasteiger partial charge in [-0.15, -0.1) is 13.2 Å². The van der Waals surface area contributed by atoms with Crippen molar-refractivity contribution in [2.45, 2.75) is 25.4 Å². The van der Waals surface area contributed by atoms with Crippen LogP contribution < -0.4 is 20.1 Å². The highest BCUT2D eigenvalue weighted by atomic mass is 19.4. The van der Waals surface area contributed by atoms with Crippen molar-refractivity contribution >= 4 is 11.8 Å². The van der Waals surface area contributed by atoms with Gasteiger partial charge in [-0.3, -0.25) is 9.59 Å². The van der Waals surface area contributed by atoms with Gasteiger partial charge in [0.2, 0.25) is 5.91 Å². The van der Waals surface area contributed by atoms with Crippen LogP contribution in [0.5, 0.6) is 11.5 Å². The number of nitrogens with zero attached hydrogens (tertiary/aromatic N) is 1. The van der Waals surface area contributed by atoms with Gasteiger partial charge in [-0.2, -0.15) is 0 Å². The molecule has 11 heteroatoms. The lowest BCUT2D eigenvalue weighted by Gasteiger charge is -2.20. The number of hydrogen-bond donors (Lipinski definition) is 2. The number of halogens is 3. The summed E-state index contributed by atoms with van der Waals surface area (Å²) in [5, 5.41) is 5.69. The molecule has 2 N–H and O–H groups in total. The summed E-state index contributed by atoms with van der Waals surface area (Å²) in [7, 11) is 6.84. The normalized spacial score (nSPS) is 12.1. The van der Waals surface area contributed by atoms with Crippen LogP contribution in [-0.4, -0.2) is 70.5 Å². The van der Waals surface area contributed by atoms with E-state index in [4.69, 9.17) is 9.47 Å². The number of likely N-dealkylation sites (N-methyl/N-ethyl adjacent to an activating group) is 1. The molecule has 0 fully saturated rings. The van der Waals surface area contributed by atoms with E-state index in [-0.39, 0.29) is 24.7 Å². The first-order chi connectivity index (χ1) is 19.5. The maximum atomic E-state index is 13.2. The van der Waals surface area contributed by atoms with Crippen LogP contribution in [0.25, 0.3) is 11.1 Å². The minimum absolute atomic E-state index is 0.193. The second-order valence-corrected chi connectivity index (χ2v) is 9.56. The average molecular weight is 574 g/mol. The van der Waals surface area contributed by atoms with E-state index in [0.717, 1.165) is 5.56 Å². The van der Waals surface area contributed by atoms with Crippen LogP contribution in [0.4, 0.5) is 13.2 Å². The monoisotopic (exact) mass is 573 g/mol. The van der Waals surface area contributed by atoms with Gasteiger partial charge in [-0.25, -0.2) is 0 Å². The van der Waals surface area contributed by atoms with E-state index in [0.29, 0.717) is 41.1 Å². The summed E-state index contributed by atoms with van der Waals surface area (Å²) in [5.74, 6) is -0.511. The fraction of sp³-hybridized carbons (Fsp3) is 0.333. The highest BCUT2D eigenvalue weighted by molar-refractivity contribution is 5.98. The Morgan fingerprint density at radius 1 is 0.951 bits per heavy atom. The van der Waals surface area contributed by atoms with Gasteiger partial charge in [0.1, 0.15) is 17.5 Å². The predicted octanol–water partition coefficient (Wildman–Crippen LogP) is 4.43. The number of carbonyl (C=O) groups is 2. The zero-order chi connectivity index (χ0) is 30.0. The molecule has 0 radical (unpaired) electrons. The Balaban J connectivity index is 1.79. The third-order valence-corrected chi connectivity index (χ3v) is 6.12. The Kier molecular flexibility index (Phi) is 11.1. The van der Waals surface area contributed by atoms with Gasteiger partial charge in [0.15, 0.2) is 0 Å². The van der Waals surface area contributed by atoms with Crippen LogP contribution in [0.15, 0.2) is 66.7 Å². The maximum Gasteiger partial charge on any atom is 0.573 e. The third kappa shape index (κ3) is 9.80. The zero-order valence-electron chi connectivity index (χ0n) is 23.4. The summed E-state index contributed by atoms with van der Waals surface area (Å²) < 4.78 is 52.4. The van der Waals surface area contributed by atoms with Crippen LogP contribution in [-0.2, 0) is 22.6 Å². The summed E-state index contributed by atoms with van der Waals surface area (Å²) in [4.78, 5) is 28.2. The molecular formula is C30H34F3N3O5. The molecule has 0 saturated heterocycles. The number of carbonyl (C=O) groups excluding carboxylic acids is 2. The third-order valence-electron chi connectivity index (χ3n) is 6.12. The van der Waals surface area contributed by atoms with Gasteiger partial charge in [0.05, 0.1) is 13.7 Å². The fourth-order valence-electron chi connectivity index (χ4n) is 4.11. The molecule has 0 aliphatic carbocycles. The number of nitrogens with one attached hydrogen (secondary N) is 2. The number of alkyl halides is 3. The van der Waals surface area contributed by atoms with Gasteiger partial charge in [0.25, 0.3) is 5.91 Å². The number of hydrogen-bond acceptors (Lipinski definition) is 6. The largest absolute Gasteiger partial charge is 0.573 e. The molecule has 0 heterocycles. The molecular weight excluding hydrogens is 539 g/mol. The lowest BCUT2D eigenvalue weighted by atomic mass is 9.99. The summed E-state index contributed by atoms with van der Waals surface area (Å²) in [5.41, 5.74) is 2.99. The molecule has 1 unspecified atom stereocenters. The van der Waals surface area contributed by atoms with Crippen molar-refractivity contribution < 1.29 is 37.0 Å². The molecule has 0 aliphatic heterocycles. The second-order valence-electron chi connectivity index (χ2n) is 9.56. The standard InChI is InChI=1S/C30H34F3N3O5/c1-36(2)15-14-34-29(38)26(35-28(37)23-12-13-27(40-4)24(17-23)19-39-3)16-20-8-10-21(11-9-20)22-6-5-7-25(18-22)41-30(31,32)33/h5-13,17-18,26H,14-16,19H2,1-4H3,(H,34,38)(H,35,37). The van der Waals surface area contributed by atoms with E-state index >= 15 is 0 Å². The van der Waals surface area contributed by atoms with E-state index in [2.05, 4.69) is 15.4 Å². The topological polar surface area (TPSA) is 89.1 Å². The summed E-state index contributed by atoms with van der Waals surface area (Å²) >= 11 is 0. The summed E-state index contributed by atoms with van der Waals surface area (Å²) in [6, 6.07) is 16.8. The van der Waals surface area contributed by atoms with Gasteiger partial charge in [0, 0.05) is 37.7 Å². The Hall–Kier alpha value is -4.09. The van der Waals surface area contributed by atoms with Crippen LogP contribution in [0.1, 0.15) is 21.5 Å². The van der Waals surface area contributed by atoms with E-state index in [1.165, 1.54) is 25.3 Å². The second kappa shape index (κ2) is 14.5. The van der Waals surface area contributed by atoms with E-state index in [1.54, 1.807) is 55.6 Å². The van der Waals surface area contributed by atoms with E-state index in [9.17, 15) is 22.8 Å². The van der Waals surface area contributed by atoms with Crippen molar-refractivity contribution in [1.82, 2.24) is 15.5 Å². The van der Waals surface area contributed by atoms with E-state index in [1.807, 2.05) is 19.0 Å². The Labute approximate surface area is 237 Å². The molecule has 0 saturated carbocycles. The predicted molar refractivity (Wildman–Crippen MR) is 149 cm³/mol. The smallest absolute Gasteiger partial charge is 0.496 e.